The zero-order chi connectivity index (χ0) is 13.3. The number of anilines is 1. The highest BCUT2D eigenvalue weighted by molar-refractivity contribution is 8.00. The van der Waals surface area contributed by atoms with Gasteiger partial charge in [0, 0.05) is 15.2 Å². The van der Waals surface area contributed by atoms with E-state index < -0.39 is 0 Å². The second-order valence-electron chi connectivity index (χ2n) is 6.37. The quantitative estimate of drug-likeness (QED) is 0.785. The van der Waals surface area contributed by atoms with E-state index in [-0.39, 0.29) is 10.3 Å². The van der Waals surface area contributed by atoms with Gasteiger partial charge in [0.25, 0.3) is 0 Å². The summed E-state index contributed by atoms with van der Waals surface area (Å²) in [6, 6.07) is 4.22. The summed E-state index contributed by atoms with van der Waals surface area (Å²) in [4.78, 5) is 5.87. The van der Waals surface area contributed by atoms with Gasteiger partial charge in [-0.25, -0.2) is 4.98 Å². The van der Waals surface area contributed by atoms with Crippen LogP contribution < -0.4 is 5.32 Å². The zero-order valence-corrected chi connectivity index (χ0v) is 12.8. The van der Waals surface area contributed by atoms with E-state index in [2.05, 4.69) is 70.9 Å². The number of hydrogen-bond acceptors (Lipinski definition) is 3. The average molecular weight is 252 g/mol. The number of thioether (sulfide) groups is 1. The first-order valence-electron chi connectivity index (χ1n) is 6.02. The lowest BCUT2D eigenvalue weighted by Gasteiger charge is -2.23. The molecule has 0 aliphatic heterocycles. The molecular weight excluding hydrogens is 228 g/mol. The topological polar surface area (TPSA) is 24.9 Å². The fourth-order valence-corrected chi connectivity index (χ4v) is 2.43. The molecular formula is C14H24N2S. The molecule has 0 atom stereocenters. The summed E-state index contributed by atoms with van der Waals surface area (Å²) >= 11 is 1.86. The Morgan fingerprint density at radius 2 is 1.65 bits per heavy atom. The molecule has 1 N–H and O–H groups in total. The molecule has 17 heavy (non-hydrogen) atoms. The highest BCUT2D eigenvalue weighted by Crippen LogP contribution is 2.33. The van der Waals surface area contributed by atoms with Crippen LogP contribution in [-0.4, -0.2) is 15.3 Å². The lowest BCUT2D eigenvalue weighted by Crippen LogP contribution is -2.26. The molecule has 0 unspecified atom stereocenters. The highest BCUT2D eigenvalue weighted by Gasteiger charge is 2.15. The Hall–Kier alpha value is -0.700. The van der Waals surface area contributed by atoms with Crippen molar-refractivity contribution in [1.29, 1.82) is 0 Å². The van der Waals surface area contributed by atoms with Crippen LogP contribution >= 0.6 is 11.8 Å². The van der Waals surface area contributed by atoms with E-state index >= 15 is 0 Å². The molecule has 1 rings (SSSR count). The summed E-state index contributed by atoms with van der Waals surface area (Å²) in [6.45, 7) is 15.2. The third-order valence-electron chi connectivity index (χ3n) is 1.96. The Bertz CT molecular complexity index is 386. The molecule has 0 bridgehead atoms. The zero-order valence-electron chi connectivity index (χ0n) is 12.0. The van der Waals surface area contributed by atoms with Crippen molar-refractivity contribution in [3.63, 3.8) is 0 Å². The molecule has 1 aromatic heterocycles. The molecule has 0 aliphatic carbocycles. The third kappa shape index (κ3) is 5.44. The summed E-state index contributed by atoms with van der Waals surface area (Å²) < 4.78 is 0.228. The van der Waals surface area contributed by atoms with Crippen molar-refractivity contribution in [3.05, 3.63) is 17.8 Å². The van der Waals surface area contributed by atoms with Crippen molar-refractivity contribution in [3.8, 4) is 0 Å². The lowest BCUT2D eigenvalue weighted by molar-refractivity contribution is 0.629. The van der Waals surface area contributed by atoms with Crippen LogP contribution in [-0.2, 0) is 0 Å². The maximum atomic E-state index is 4.61. The maximum Gasteiger partial charge on any atom is 0.126 e. The molecule has 0 aliphatic rings. The standard InChI is InChI=1S/C14H24N2S/c1-10-11(17-14(5,6)7)8-9-12(15-10)16-13(2,3)4/h8-9H,1-7H3,(H,15,16). The van der Waals surface area contributed by atoms with Crippen molar-refractivity contribution in [2.75, 3.05) is 5.32 Å². The molecule has 0 amide bonds. The van der Waals surface area contributed by atoms with Crippen molar-refractivity contribution in [2.24, 2.45) is 0 Å². The minimum Gasteiger partial charge on any atom is -0.365 e. The van der Waals surface area contributed by atoms with Gasteiger partial charge in [-0.05, 0) is 39.8 Å². The van der Waals surface area contributed by atoms with Crippen molar-refractivity contribution in [2.45, 2.75) is 63.6 Å². The number of aryl methyl sites for hydroxylation is 1. The van der Waals surface area contributed by atoms with Crippen LogP contribution in [0, 0.1) is 6.92 Å². The van der Waals surface area contributed by atoms with Gasteiger partial charge in [0.2, 0.25) is 0 Å². The molecule has 0 spiro atoms. The minimum absolute atomic E-state index is 0.0537. The smallest absolute Gasteiger partial charge is 0.126 e. The van der Waals surface area contributed by atoms with Gasteiger partial charge in [-0.3, -0.25) is 0 Å². The van der Waals surface area contributed by atoms with Crippen LogP contribution in [0.25, 0.3) is 0 Å². The molecule has 2 nitrogen and oxygen atoms in total. The monoisotopic (exact) mass is 252 g/mol. The normalized spacial score (nSPS) is 12.6. The van der Waals surface area contributed by atoms with Gasteiger partial charge in [0.05, 0.1) is 5.69 Å². The molecule has 0 saturated carbocycles. The van der Waals surface area contributed by atoms with Gasteiger partial charge in [-0.1, -0.05) is 20.8 Å². The van der Waals surface area contributed by atoms with E-state index in [0.717, 1.165) is 11.5 Å². The fraction of sp³-hybridized carbons (Fsp3) is 0.643. The molecule has 1 heterocycles. The largest absolute Gasteiger partial charge is 0.365 e. The Balaban J connectivity index is 2.87. The van der Waals surface area contributed by atoms with Crippen molar-refractivity contribution < 1.29 is 0 Å². The maximum absolute atomic E-state index is 4.61. The van der Waals surface area contributed by atoms with Crippen LogP contribution in [0.4, 0.5) is 5.82 Å². The van der Waals surface area contributed by atoms with Gasteiger partial charge in [0.15, 0.2) is 0 Å². The van der Waals surface area contributed by atoms with E-state index in [9.17, 15) is 0 Å². The van der Waals surface area contributed by atoms with Crippen molar-refractivity contribution >= 4 is 17.6 Å². The summed E-state index contributed by atoms with van der Waals surface area (Å²) in [5.74, 6) is 0.952. The number of nitrogens with zero attached hydrogens (tertiary/aromatic N) is 1. The minimum atomic E-state index is 0.0537. The summed E-state index contributed by atoms with van der Waals surface area (Å²) in [7, 11) is 0. The fourth-order valence-electron chi connectivity index (χ4n) is 1.44. The van der Waals surface area contributed by atoms with Crippen LogP contribution in [0.1, 0.15) is 47.2 Å². The summed E-state index contributed by atoms with van der Waals surface area (Å²) in [6.07, 6.45) is 0. The first-order chi connectivity index (χ1) is 7.57. The number of nitrogens with one attached hydrogen (secondary N) is 1. The van der Waals surface area contributed by atoms with Gasteiger partial charge in [-0.2, -0.15) is 0 Å². The predicted molar refractivity (Wildman–Crippen MR) is 78.0 cm³/mol. The molecule has 0 radical (unpaired) electrons. The second kappa shape index (κ2) is 4.89. The van der Waals surface area contributed by atoms with E-state index in [4.69, 9.17) is 0 Å². The molecule has 0 aromatic carbocycles. The first-order valence-corrected chi connectivity index (χ1v) is 6.83. The summed E-state index contributed by atoms with van der Waals surface area (Å²) in [5, 5.41) is 3.39. The molecule has 0 saturated heterocycles. The van der Waals surface area contributed by atoms with Gasteiger partial charge in [-0.15, -0.1) is 11.8 Å². The Morgan fingerprint density at radius 3 is 2.06 bits per heavy atom. The molecule has 96 valence electrons. The Morgan fingerprint density at radius 1 is 1.06 bits per heavy atom. The number of aromatic nitrogens is 1. The first kappa shape index (κ1) is 14.4. The Labute approximate surface area is 110 Å². The van der Waals surface area contributed by atoms with Crippen LogP contribution in [0.2, 0.25) is 0 Å². The SMILES string of the molecule is Cc1nc(NC(C)(C)C)ccc1SC(C)(C)C. The molecule has 1 aromatic rings. The van der Waals surface area contributed by atoms with Gasteiger partial charge in [0.1, 0.15) is 5.82 Å². The second-order valence-corrected chi connectivity index (χ2v) is 8.24. The number of rotatable bonds is 2. The van der Waals surface area contributed by atoms with Crippen LogP contribution in [0.5, 0.6) is 0 Å². The molecule has 3 heteroatoms. The van der Waals surface area contributed by atoms with Gasteiger partial charge < -0.3 is 5.32 Å². The van der Waals surface area contributed by atoms with Crippen molar-refractivity contribution in [1.82, 2.24) is 4.98 Å². The van der Waals surface area contributed by atoms with E-state index in [1.54, 1.807) is 0 Å². The third-order valence-corrected chi connectivity index (χ3v) is 3.22. The predicted octanol–water partition coefficient (Wildman–Crippen LogP) is 4.49. The van der Waals surface area contributed by atoms with E-state index in [1.165, 1.54) is 4.90 Å². The average Bonchev–Trinajstić information content (AvgIpc) is 2.05. The van der Waals surface area contributed by atoms with E-state index in [0.29, 0.717) is 0 Å². The Kier molecular flexibility index (Phi) is 4.13. The number of pyridine rings is 1. The lowest BCUT2D eigenvalue weighted by atomic mass is 10.1. The molecule has 0 fully saturated rings. The van der Waals surface area contributed by atoms with Crippen LogP contribution in [0.3, 0.4) is 0 Å². The number of hydrogen-bond donors (Lipinski definition) is 1. The highest BCUT2D eigenvalue weighted by atomic mass is 32.2. The van der Waals surface area contributed by atoms with E-state index in [1.807, 2.05) is 11.8 Å². The van der Waals surface area contributed by atoms with Gasteiger partial charge >= 0.3 is 0 Å². The summed E-state index contributed by atoms with van der Waals surface area (Å²) in [5.41, 5.74) is 1.15. The van der Waals surface area contributed by atoms with Crippen LogP contribution in [0.15, 0.2) is 17.0 Å².